The number of nitrogens with zero attached hydrogens (tertiary/aromatic N) is 4. The molecule has 0 N–H and O–H groups in total. The Labute approximate surface area is 162 Å². The third-order valence-electron chi connectivity index (χ3n) is 4.79. The fourth-order valence-electron chi connectivity index (χ4n) is 3.17. The van der Waals surface area contributed by atoms with Crippen molar-refractivity contribution in [2.45, 2.75) is 39.7 Å². The number of para-hydroxylation sites is 2. The Morgan fingerprint density at radius 3 is 2.43 bits per heavy atom. The van der Waals surface area contributed by atoms with Crippen LogP contribution in [0.25, 0.3) is 22.4 Å². The average molecular weight is 374 g/mol. The van der Waals surface area contributed by atoms with E-state index in [9.17, 15) is 4.79 Å². The van der Waals surface area contributed by atoms with Gasteiger partial charge in [-0.15, -0.1) is 0 Å². The van der Waals surface area contributed by atoms with Crippen LogP contribution in [0, 0.1) is 6.92 Å². The van der Waals surface area contributed by atoms with Crippen LogP contribution in [0.1, 0.15) is 37.9 Å². The van der Waals surface area contributed by atoms with E-state index >= 15 is 0 Å². The van der Waals surface area contributed by atoms with E-state index in [1.807, 2.05) is 36.4 Å². The van der Waals surface area contributed by atoms with Gasteiger partial charge in [-0.25, -0.2) is 4.98 Å². The second-order valence-electron chi connectivity index (χ2n) is 7.92. The molecule has 0 unspecified atom stereocenters. The second-order valence-corrected chi connectivity index (χ2v) is 7.92. The maximum Gasteiger partial charge on any atom is 0.272 e. The number of hydrogen-bond acceptors (Lipinski definition) is 5. The van der Waals surface area contributed by atoms with E-state index < -0.39 is 0 Å². The number of rotatable bonds is 3. The Morgan fingerprint density at radius 2 is 1.71 bits per heavy atom. The Hall–Kier alpha value is -3.28. The lowest BCUT2D eigenvalue weighted by Gasteiger charge is -2.18. The summed E-state index contributed by atoms with van der Waals surface area (Å²) in [6.07, 6.45) is 0. The van der Waals surface area contributed by atoms with Gasteiger partial charge in [0.1, 0.15) is 12.2 Å². The summed E-state index contributed by atoms with van der Waals surface area (Å²) in [5.74, 6) is 0.895. The van der Waals surface area contributed by atoms with Crippen molar-refractivity contribution in [2.75, 3.05) is 0 Å². The summed E-state index contributed by atoms with van der Waals surface area (Å²) in [7, 11) is 0. The molecule has 0 saturated carbocycles. The smallest absolute Gasteiger partial charge is 0.272 e. The first-order valence-corrected chi connectivity index (χ1v) is 9.22. The van der Waals surface area contributed by atoms with Gasteiger partial charge in [0.05, 0.1) is 11.0 Å². The van der Waals surface area contributed by atoms with Crippen molar-refractivity contribution in [2.24, 2.45) is 0 Å². The zero-order valence-corrected chi connectivity index (χ0v) is 16.4. The van der Waals surface area contributed by atoms with Gasteiger partial charge in [0, 0.05) is 5.56 Å². The number of hydrogen-bond donors (Lipinski definition) is 0. The van der Waals surface area contributed by atoms with E-state index in [4.69, 9.17) is 4.52 Å². The number of aromatic nitrogens is 4. The highest BCUT2D eigenvalue weighted by Gasteiger charge is 2.16. The van der Waals surface area contributed by atoms with Crippen LogP contribution < -0.4 is 5.56 Å². The van der Waals surface area contributed by atoms with Crippen LogP contribution in [0.3, 0.4) is 0 Å². The van der Waals surface area contributed by atoms with Gasteiger partial charge in [-0.1, -0.05) is 62.3 Å². The zero-order valence-electron chi connectivity index (χ0n) is 16.4. The van der Waals surface area contributed by atoms with E-state index in [1.165, 1.54) is 5.56 Å². The van der Waals surface area contributed by atoms with E-state index in [2.05, 4.69) is 48.0 Å². The standard InChI is InChI=1S/C22H22N4O2/c1-14-21(27)26(18-8-6-5-7-17(18)23-14)13-19-24-20(25-28-19)15-9-11-16(12-10-15)22(2,3)4/h5-12H,13H2,1-4H3. The second kappa shape index (κ2) is 6.71. The van der Waals surface area contributed by atoms with Gasteiger partial charge in [0.2, 0.25) is 11.7 Å². The Bertz CT molecular complexity index is 1200. The van der Waals surface area contributed by atoms with Crippen molar-refractivity contribution in [3.63, 3.8) is 0 Å². The molecule has 0 bridgehead atoms. The molecule has 2 aromatic heterocycles. The van der Waals surface area contributed by atoms with Gasteiger partial charge in [0.25, 0.3) is 5.56 Å². The predicted molar refractivity (Wildman–Crippen MR) is 108 cm³/mol. The Kier molecular flexibility index (Phi) is 4.34. The molecule has 0 radical (unpaired) electrons. The summed E-state index contributed by atoms with van der Waals surface area (Å²) in [5.41, 5.74) is 3.99. The molecule has 0 amide bonds. The molecule has 0 aliphatic heterocycles. The largest absolute Gasteiger partial charge is 0.337 e. The van der Waals surface area contributed by atoms with Gasteiger partial charge >= 0.3 is 0 Å². The highest BCUT2D eigenvalue weighted by Crippen LogP contribution is 2.25. The monoisotopic (exact) mass is 374 g/mol. The fraction of sp³-hybridized carbons (Fsp3) is 0.273. The maximum absolute atomic E-state index is 12.6. The molecular weight excluding hydrogens is 352 g/mol. The normalized spacial score (nSPS) is 11.9. The summed E-state index contributed by atoms with van der Waals surface area (Å²) in [6.45, 7) is 8.44. The van der Waals surface area contributed by atoms with Crippen molar-refractivity contribution in [1.82, 2.24) is 19.7 Å². The first-order chi connectivity index (χ1) is 13.3. The Morgan fingerprint density at radius 1 is 1.00 bits per heavy atom. The molecule has 0 atom stereocenters. The molecule has 2 heterocycles. The van der Waals surface area contributed by atoms with Gasteiger partial charge in [0.15, 0.2) is 0 Å². The highest BCUT2D eigenvalue weighted by atomic mass is 16.5. The third-order valence-corrected chi connectivity index (χ3v) is 4.79. The first kappa shape index (κ1) is 18.1. The predicted octanol–water partition coefficient (Wildman–Crippen LogP) is 4.10. The third kappa shape index (κ3) is 3.33. The summed E-state index contributed by atoms with van der Waals surface area (Å²) in [5, 5.41) is 4.09. The molecule has 2 aromatic carbocycles. The summed E-state index contributed by atoms with van der Waals surface area (Å²) >= 11 is 0. The van der Waals surface area contributed by atoms with Gasteiger partial charge in [-0.2, -0.15) is 4.98 Å². The zero-order chi connectivity index (χ0) is 19.9. The summed E-state index contributed by atoms with van der Waals surface area (Å²) < 4.78 is 7.05. The van der Waals surface area contributed by atoms with Crippen molar-refractivity contribution < 1.29 is 4.52 Å². The van der Waals surface area contributed by atoms with Crippen molar-refractivity contribution in [3.8, 4) is 11.4 Å². The van der Waals surface area contributed by atoms with Crippen LogP contribution in [-0.2, 0) is 12.0 Å². The van der Waals surface area contributed by atoms with Crippen molar-refractivity contribution >= 4 is 11.0 Å². The molecule has 0 saturated heterocycles. The van der Waals surface area contributed by atoms with E-state index in [-0.39, 0.29) is 17.5 Å². The summed E-state index contributed by atoms with van der Waals surface area (Å²) in [4.78, 5) is 21.5. The van der Waals surface area contributed by atoms with Crippen LogP contribution >= 0.6 is 0 Å². The minimum atomic E-state index is -0.159. The molecular formula is C22H22N4O2. The lowest BCUT2D eigenvalue weighted by Crippen LogP contribution is -2.24. The molecule has 28 heavy (non-hydrogen) atoms. The van der Waals surface area contributed by atoms with E-state index in [1.54, 1.807) is 11.5 Å². The first-order valence-electron chi connectivity index (χ1n) is 9.22. The highest BCUT2D eigenvalue weighted by molar-refractivity contribution is 5.74. The molecule has 0 spiro atoms. The van der Waals surface area contributed by atoms with Gasteiger partial charge in [-0.05, 0) is 30.0 Å². The minimum absolute atomic E-state index is 0.0857. The van der Waals surface area contributed by atoms with Gasteiger partial charge in [-0.3, -0.25) is 9.36 Å². The van der Waals surface area contributed by atoms with Crippen molar-refractivity contribution in [3.05, 3.63) is 76.0 Å². The molecule has 0 aliphatic rings. The average Bonchev–Trinajstić information content (AvgIpc) is 3.13. The molecule has 0 aliphatic carbocycles. The van der Waals surface area contributed by atoms with E-state index in [0.29, 0.717) is 17.4 Å². The van der Waals surface area contributed by atoms with E-state index in [0.717, 1.165) is 16.6 Å². The number of fused-ring (bicyclic) bond motifs is 1. The van der Waals surface area contributed by atoms with Crippen LogP contribution in [0.15, 0.2) is 57.8 Å². The fourth-order valence-corrected chi connectivity index (χ4v) is 3.17. The van der Waals surface area contributed by atoms with Crippen LogP contribution in [0.2, 0.25) is 0 Å². The lowest BCUT2D eigenvalue weighted by atomic mass is 9.87. The van der Waals surface area contributed by atoms with Crippen LogP contribution in [-0.4, -0.2) is 19.7 Å². The quantitative estimate of drug-likeness (QED) is 0.540. The molecule has 142 valence electrons. The molecule has 6 nitrogen and oxygen atoms in total. The molecule has 4 rings (SSSR count). The Balaban J connectivity index is 1.67. The minimum Gasteiger partial charge on any atom is -0.337 e. The van der Waals surface area contributed by atoms with Crippen LogP contribution in [0.4, 0.5) is 0 Å². The topological polar surface area (TPSA) is 73.8 Å². The molecule has 0 fully saturated rings. The molecule has 4 aromatic rings. The van der Waals surface area contributed by atoms with Crippen LogP contribution in [0.5, 0.6) is 0 Å². The van der Waals surface area contributed by atoms with Gasteiger partial charge < -0.3 is 4.52 Å². The summed E-state index contributed by atoms with van der Waals surface area (Å²) in [6, 6.07) is 15.7. The molecule has 6 heteroatoms. The lowest BCUT2D eigenvalue weighted by molar-refractivity contribution is 0.371. The van der Waals surface area contributed by atoms with Crippen molar-refractivity contribution in [1.29, 1.82) is 0 Å². The number of benzene rings is 2. The maximum atomic E-state index is 12.6. The SMILES string of the molecule is Cc1nc2ccccc2n(Cc2nc(-c3ccc(C(C)(C)C)cc3)no2)c1=O. The number of aryl methyl sites for hydroxylation is 1.